The highest BCUT2D eigenvalue weighted by Gasteiger charge is 2.36. The second-order valence-electron chi connectivity index (χ2n) is 7.63. The van der Waals surface area contributed by atoms with Crippen molar-refractivity contribution < 1.29 is 14.3 Å². The van der Waals surface area contributed by atoms with Crippen molar-refractivity contribution in [3.8, 4) is 5.75 Å². The number of carbonyl (C=O) groups excluding carboxylic acids is 2. The van der Waals surface area contributed by atoms with E-state index in [1.54, 1.807) is 6.07 Å². The largest absolute Gasteiger partial charge is 0.483 e. The zero-order valence-electron chi connectivity index (χ0n) is 16.4. The number of halogens is 1. The zero-order chi connectivity index (χ0) is 21.0. The average Bonchev–Trinajstić information content (AvgIpc) is 3.43. The molecule has 0 N–H and O–H groups in total. The molecule has 0 aromatic carbocycles. The molecule has 0 spiro atoms. The first-order chi connectivity index (χ1) is 14.4. The molecule has 0 bridgehead atoms. The molecule has 30 heavy (non-hydrogen) atoms. The quantitative estimate of drug-likeness (QED) is 0.582. The molecule has 3 aromatic rings. The summed E-state index contributed by atoms with van der Waals surface area (Å²) in [5.41, 5.74) is 3.06. The van der Waals surface area contributed by atoms with E-state index < -0.39 is 0 Å². The van der Waals surface area contributed by atoms with Crippen molar-refractivity contribution in [3.63, 3.8) is 0 Å². The molecular formula is C20H19ClN6O3. The molecule has 1 aliphatic carbocycles. The summed E-state index contributed by atoms with van der Waals surface area (Å²) >= 11 is 5.88. The predicted molar refractivity (Wildman–Crippen MR) is 109 cm³/mol. The molecule has 3 amide bonds. The lowest BCUT2D eigenvalue weighted by Crippen LogP contribution is -2.30. The summed E-state index contributed by atoms with van der Waals surface area (Å²) in [5, 5.41) is 7.74. The van der Waals surface area contributed by atoms with Gasteiger partial charge < -0.3 is 9.14 Å². The second kappa shape index (κ2) is 6.94. The number of nitrogens with zero attached hydrogens (tertiary/aromatic N) is 6. The fourth-order valence-electron chi connectivity index (χ4n) is 3.59. The summed E-state index contributed by atoms with van der Waals surface area (Å²) in [4.78, 5) is 32.0. The first-order valence-corrected chi connectivity index (χ1v) is 10.0. The van der Waals surface area contributed by atoms with Crippen molar-refractivity contribution in [2.24, 2.45) is 0 Å². The van der Waals surface area contributed by atoms with Gasteiger partial charge in [-0.2, -0.15) is 5.10 Å². The van der Waals surface area contributed by atoms with Gasteiger partial charge in [-0.25, -0.2) is 9.78 Å². The van der Waals surface area contributed by atoms with Gasteiger partial charge >= 0.3 is 6.03 Å². The van der Waals surface area contributed by atoms with Crippen LogP contribution in [0.4, 0.5) is 10.5 Å². The monoisotopic (exact) mass is 426 g/mol. The third kappa shape index (κ3) is 3.24. The van der Waals surface area contributed by atoms with E-state index in [9.17, 15) is 9.59 Å². The van der Waals surface area contributed by atoms with Crippen molar-refractivity contribution >= 4 is 34.9 Å². The van der Waals surface area contributed by atoms with Gasteiger partial charge in [0.05, 0.1) is 17.6 Å². The van der Waals surface area contributed by atoms with Crippen molar-refractivity contribution in [1.29, 1.82) is 0 Å². The van der Waals surface area contributed by atoms with Gasteiger partial charge in [-0.3, -0.25) is 14.6 Å². The lowest BCUT2D eigenvalue weighted by Gasteiger charge is -2.17. The third-order valence-electron chi connectivity index (χ3n) is 5.43. The first kappa shape index (κ1) is 18.8. The maximum atomic E-state index is 12.6. The van der Waals surface area contributed by atoms with Crippen LogP contribution < -0.4 is 9.64 Å². The van der Waals surface area contributed by atoms with Gasteiger partial charge in [0.1, 0.15) is 18.4 Å². The first-order valence-electron chi connectivity index (χ1n) is 9.66. The molecule has 0 radical (unpaired) electrons. The summed E-state index contributed by atoms with van der Waals surface area (Å²) in [5.74, 6) is 0.727. The molecule has 4 heterocycles. The maximum absolute atomic E-state index is 12.6. The number of carbonyl (C=O) groups is 2. The smallest absolute Gasteiger partial charge is 0.331 e. The number of imide groups is 1. The van der Waals surface area contributed by atoms with Gasteiger partial charge in [0, 0.05) is 25.5 Å². The van der Waals surface area contributed by atoms with Gasteiger partial charge in [-0.1, -0.05) is 11.6 Å². The number of anilines is 1. The Morgan fingerprint density at radius 3 is 2.70 bits per heavy atom. The van der Waals surface area contributed by atoms with Crippen molar-refractivity contribution in [2.45, 2.75) is 31.8 Å². The number of fused-ring (bicyclic) bond motifs is 1. The minimum Gasteiger partial charge on any atom is -0.483 e. The maximum Gasteiger partial charge on any atom is 0.331 e. The molecule has 2 aliphatic rings. The highest BCUT2D eigenvalue weighted by molar-refractivity contribution is 6.29. The molecule has 5 rings (SSSR count). The van der Waals surface area contributed by atoms with E-state index in [-0.39, 0.29) is 29.7 Å². The van der Waals surface area contributed by atoms with E-state index in [4.69, 9.17) is 21.3 Å². The number of rotatable bonds is 5. The molecule has 1 saturated carbocycles. The molecule has 9 nitrogen and oxygen atoms in total. The van der Waals surface area contributed by atoms with Gasteiger partial charge in [-0.15, -0.1) is 5.10 Å². The molecule has 10 heteroatoms. The van der Waals surface area contributed by atoms with Crippen molar-refractivity contribution in [2.75, 3.05) is 18.5 Å². The molecule has 154 valence electrons. The highest BCUT2D eigenvalue weighted by atomic mass is 35.5. The Balaban J connectivity index is 1.54. The Labute approximate surface area is 177 Å². The molecule has 1 aliphatic heterocycles. The Morgan fingerprint density at radius 2 is 2.03 bits per heavy atom. The summed E-state index contributed by atoms with van der Waals surface area (Å²) < 4.78 is 7.82. The molecule has 2 fully saturated rings. The summed E-state index contributed by atoms with van der Waals surface area (Å²) in [6.07, 6.45) is 7.26. The van der Waals surface area contributed by atoms with Crippen LogP contribution in [-0.2, 0) is 4.79 Å². The summed E-state index contributed by atoms with van der Waals surface area (Å²) in [6.45, 7) is 1.88. The SMILES string of the molecule is CC(Oc1cnnc(Cl)c1)c1cn2cc(C3CC3)cc(N3CC(=O)N(C)C3=O)c2n1. The Hall–Kier alpha value is -3.20. The standard InChI is InChI=1S/C20H19ClN6O3/c1-11(30-14-6-17(21)24-22-7-14)15-9-26-8-13(12-3-4-12)5-16(19(26)23-15)27-10-18(28)25(2)20(27)29/h5-9,11-12H,3-4,10H2,1-2H3. The highest BCUT2D eigenvalue weighted by Crippen LogP contribution is 2.42. The topological polar surface area (TPSA) is 92.9 Å². The van der Waals surface area contributed by atoms with E-state index in [0.717, 1.165) is 23.3 Å². The van der Waals surface area contributed by atoms with Gasteiger partial charge in [0.25, 0.3) is 0 Å². The number of hydrogen-bond donors (Lipinski definition) is 0. The van der Waals surface area contributed by atoms with Crippen LogP contribution in [0.3, 0.4) is 0 Å². The average molecular weight is 427 g/mol. The van der Waals surface area contributed by atoms with Crippen LogP contribution in [-0.4, -0.2) is 50.0 Å². The predicted octanol–water partition coefficient (Wildman–Crippen LogP) is 3.19. The van der Waals surface area contributed by atoms with Gasteiger partial charge in [0.15, 0.2) is 10.8 Å². The zero-order valence-corrected chi connectivity index (χ0v) is 17.2. The van der Waals surface area contributed by atoms with Crippen LogP contribution in [0.1, 0.15) is 43.0 Å². The number of urea groups is 1. The fraction of sp³-hybridized carbons (Fsp3) is 0.350. The number of imidazole rings is 1. The number of hydrogen-bond acceptors (Lipinski definition) is 6. The van der Waals surface area contributed by atoms with Crippen LogP contribution in [0, 0.1) is 0 Å². The number of amides is 3. The third-order valence-corrected chi connectivity index (χ3v) is 5.61. The molecular weight excluding hydrogens is 408 g/mol. The number of ether oxygens (including phenoxy) is 1. The molecule has 1 saturated heterocycles. The van der Waals surface area contributed by atoms with Gasteiger partial charge in [0.2, 0.25) is 5.91 Å². The molecule has 1 atom stereocenters. The summed E-state index contributed by atoms with van der Waals surface area (Å²) in [7, 11) is 1.49. The minimum atomic E-state index is -0.388. The van der Waals surface area contributed by atoms with E-state index in [1.807, 2.05) is 29.8 Å². The molecule has 3 aromatic heterocycles. The van der Waals surface area contributed by atoms with E-state index in [1.165, 1.54) is 18.1 Å². The number of pyridine rings is 1. The Bertz CT molecular complexity index is 1170. The van der Waals surface area contributed by atoms with E-state index in [2.05, 4.69) is 10.2 Å². The van der Waals surface area contributed by atoms with Crippen LogP contribution in [0.2, 0.25) is 5.15 Å². The minimum absolute atomic E-state index is 0.00848. The van der Waals surface area contributed by atoms with Crippen LogP contribution in [0.15, 0.2) is 30.7 Å². The van der Waals surface area contributed by atoms with E-state index >= 15 is 0 Å². The van der Waals surface area contributed by atoms with Gasteiger partial charge in [-0.05, 0) is 37.3 Å². The number of aromatic nitrogens is 4. The lowest BCUT2D eigenvalue weighted by atomic mass is 10.1. The van der Waals surface area contributed by atoms with Crippen LogP contribution in [0.5, 0.6) is 5.75 Å². The fourth-order valence-corrected chi connectivity index (χ4v) is 3.74. The van der Waals surface area contributed by atoms with E-state index in [0.29, 0.717) is 28.7 Å². The van der Waals surface area contributed by atoms with Crippen LogP contribution in [0.25, 0.3) is 5.65 Å². The second-order valence-corrected chi connectivity index (χ2v) is 8.01. The molecule has 1 unspecified atom stereocenters. The summed E-state index contributed by atoms with van der Waals surface area (Å²) in [6, 6.07) is 3.22. The Kier molecular flexibility index (Phi) is 4.35. The number of likely N-dealkylation sites (N-methyl/N-ethyl adjacent to an activating group) is 1. The lowest BCUT2D eigenvalue weighted by molar-refractivity contribution is -0.123. The van der Waals surface area contributed by atoms with Crippen molar-refractivity contribution in [3.05, 3.63) is 47.1 Å². The Morgan fingerprint density at radius 1 is 1.23 bits per heavy atom. The van der Waals surface area contributed by atoms with Crippen molar-refractivity contribution in [1.82, 2.24) is 24.5 Å². The normalized spacial score (nSPS) is 17.8. The van der Waals surface area contributed by atoms with Crippen LogP contribution >= 0.6 is 11.6 Å².